The first-order valence-corrected chi connectivity index (χ1v) is 10.0. The first kappa shape index (κ1) is 17.1. The third-order valence-electron chi connectivity index (χ3n) is 3.79. The monoisotopic (exact) mass is 368 g/mol. The van der Waals surface area contributed by atoms with Gasteiger partial charge in [0.25, 0.3) is 5.91 Å². The lowest BCUT2D eigenvalue weighted by Crippen LogP contribution is -2.28. The summed E-state index contributed by atoms with van der Waals surface area (Å²) in [6.07, 6.45) is 0.909. The number of fused-ring (bicyclic) bond motifs is 1. The summed E-state index contributed by atoms with van der Waals surface area (Å²) in [6, 6.07) is 6.53. The summed E-state index contributed by atoms with van der Waals surface area (Å²) in [5, 5.41) is 5.89. The molecule has 2 heterocycles. The maximum Gasteiger partial charge on any atom is 0.261 e. The van der Waals surface area contributed by atoms with Crippen molar-refractivity contribution in [2.75, 3.05) is 18.8 Å². The van der Waals surface area contributed by atoms with E-state index in [4.69, 9.17) is 0 Å². The second-order valence-electron chi connectivity index (χ2n) is 5.51. The van der Waals surface area contributed by atoms with E-state index in [0.29, 0.717) is 4.88 Å². The molecule has 2 N–H and O–H groups in total. The quantitative estimate of drug-likeness (QED) is 0.789. The van der Waals surface area contributed by atoms with E-state index >= 15 is 0 Å². The molecule has 1 aliphatic heterocycles. The zero-order chi connectivity index (χ0) is 17.2. The van der Waals surface area contributed by atoms with Crippen molar-refractivity contribution >= 4 is 27.1 Å². The van der Waals surface area contributed by atoms with Crippen LogP contribution in [-0.4, -0.2) is 33.2 Å². The lowest BCUT2D eigenvalue weighted by Gasteiger charge is -2.10. The number of hydrogen-bond acceptors (Lipinski definition) is 5. The number of hydrogen-bond donors (Lipinski definition) is 2. The molecule has 128 valence electrons. The number of benzene rings is 1. The number of thiophene rings is 1. The maximum atomic E-state index is 12.9. The van der Waals surface area contributed by atoms with Crippen molar-refractivity contribution in [2.24, 2.45) is 0 Å². The van der Waals surface area contributed by atoms with E-state index in [-0.39, 0.29) is 23.1 Å². The fourth-order valence-electron chi connectivity index (χ4n) is 2.51. The van der Waals surface area contributed by atoms with Gasteiger partial charge >= 0.3 is 0 Å². The van der Waals surface area contributed by atoms with Crippen LogP contribution >= 0.6 is 11.3 Å². The van der Waals surface area contributed by atoms with E-state index in [2.05, 4.69) is 10.6 Å². The van der Waals surface area contributed by atoms with Crippen LogP contribution in [0.3, 0.4) is 0 Å². The number of amides is 1. The molecule has 0 spiro atoms. The van der Waals surface area contributed by atoms with E-state index in [1.165, 1.54) is 28.3 Å². The molecule has 24 heavy (non-hydrogen) atoms. The van der Waals surface area contributed by atoms with Crippen LogP contribution in [0.4, 0.5) is 4.39 Å². The minimum atomic E-state index is -3.55. The standard InChI is InChI=1S/C16H17FN2O3S2/c17-12-1-3-13(4-2-12)24(21,22)8-7-19-16(20)15-9-11-10-18-6-5-14(11)23-15/h1-4,9,18H,5-8,10H2,(H,19,20). The number of halogens is 1. The van der Waals surface area contributed by atoms with Crippen LogP contribution in [0.25, 0.3) is 0 Å². The van der Waals surface area contributed by atoms with E-state index < -0.39 is 15.7 Å². The number of rotatable bonds is 5. The molecule has 0 atom stereocenters. The van der Waals surface area contributed by atoms with Crippen LogP contribution in [0.1, 0.15) is 20.1 Å². The molecule has 2 aromatic rings. The first-order valence-electron chi connectivity index (χ1n) is 7.54. The third-order valence-corrected chi connectivity index (χ3v) is 6.76. The molecule has 3 rings (SSSR count). The van der Waals surface area contributed by atoms with Gasteiger partial charge in [-0.2, -0.15) is 0 Å². The number of nitrogens with one attached hydrogen (secondary N) is 2. The molecular weight excluding hydrogens is 351 g/mol. The summed E-state index contributed by atoms with van der Waals surface area (Å²) in [4.78, 5) is 14.0. The summed E-state index contributed by atoms with van der Waals surface area (Å²) in [5.74, 6) is -0.973. The van der Waals surface area contributed by atoms with Crippen molar-refractivity contribution in [3.8, 4) is 0 Å². The lowest BCUT2D eigenvalue weighted by molar-refractivity contribution is 0.0960. The van der Waals surface area contributed by atoms with Crippen LogP contribution in [0, 0.1) is 5.82 Å². The van der Waals surface area contributed by atoms with Crippen molar-refractivity contribution < 1.29 is 17.6 Å². The molecular formula is C16H17FN2O3S2. The highest BCUT2D eigenvalue weighted by molar-refractivity contribution is 7.91. The highest BCUT2D eigenvalue weighted by atomic mass is 32.2. The Balaban J connectivity index is 1.58. The predicted molar refractivity (Wildman–Crippen MR) is 90.5 cm³/mol. The van der Waals surface area contributed by atoms with Crippen molar-refractivity contribution in [3.63, 3.8) is 0 Å². The molecule has 0 radical (unpaired) electrons. The molecule has 1 aliphatic rings. The third kappa shape index (κ3) is 3.82. The van der Waals surface area contributed by atoms with Crippen LogP contribution in [0.2, 0.25) is 0 Å². The highest BCUT2D eigenvalue weighted by Gasteiger charge is 2.18. The van der Waals surface area contributed by atoms with Crippen LogP contribution < -0.4 is 10.6 Å². The molecule has 0 saturated heterocycles. The molecule has 8 heteroatoms. The molecule has 1 aromatic heterocycles. The van der Waals surface area contributed by atoms with E-state index in [1.54, 1.807) is 0 Å². The number of sulfone groups is 1. The Morgan fingerprint density at radius 3 is 2.75 bits per heavy atom. The number of carbonyl (C=O) groups is 1. The zero-order valence-corrected chi connectivity index (χ0v) is 14.5. The van der Waals surface area contributed by atoms with Crippen molar-refractivity contribution in [1.82, 2.24) is 10.6 Å². The molecule has 0 fully saturated rings. The Kier molecular flexibility index (Phi) is 4.98. The van der Waals surface area contributed by atoms with Gasteiger partial charge in [0.05, 0.1) is 15.5 Å². The van der Waals surface area contributed by atoms with Crippen molar-refractivity contribution in [1.29, 1.82) is 0 Å². The first-order chi connectivity index (χ1) is 11.5. The molecule has 0 aliphatic carbocycles. The maximum absolute atomic E-state index is 12.9. The van der Waals surface area contributed by atoms with Crippen molar-refractivity contribution in [3.05, 3.63) is 51.5 Å². The van der Waals surface area contributed by atoms with Gasteiger partial charge in [0.15, 0.2) is 9.84 Å². The van der Waals surface area contributed by atoms with Gasteiger partial charge in [-0.25, -0.2) is 12.8 Å². The molecule has 1 amide bonds. The minimum Gasteiger partial charge on any atom is -0.350 e. The van der Waals surface area contributed by atoms with Gasteiger partial charge in [-0.3, -0.25) is 4.79 Å². The predicted octanol–water partition coefficient (Wildman–Crippen LogP) is 1.74. The molecule has 5 nitrogen and oxygen atoms in total. The summed E-state index contributed by atoms with van der Waals surface area (Å²) in [6.45, 7) is 1.68. The SMILES string of the molecule is O=C(NCCS(=O)(=O)c1ccc(F)cc1)c1cc2c(s1)CCNC2. The van der Waals surface area contributed by atoms with E-state index in [1.807, 2.05) is 6.07 Å². The Labute approximate surface area is 143 Å². The summed E-state index contributed by atoms with van der Waals surface area (Å²) in [7, 11) is -3.55. The topological polar surface area (TPSA) is 75.3 Å². The second kappa shape index (κ2) is 7.00. The van der Waals surface area contributed by atoms with Gasteiger partial charge in [-0.1, -0.05) is 0 Å². The summed E-state index contributed by atoms with van der Waals surface area (Å²) >= 11 is 1.46. The fourth-order valence-corrected chi connectivity index (χ4v) is 4.77. The highest BCUT2D eigenvalue weighted by Crippen LogP contribution is 2.25. The molecule has 0 unspecified atom stereocenters. The van der Waals surface area contributed by atoms with Crippen LogP contribution in [-0.2, 0) is 22.8 Å². The van der Waals surface area contributed by atoms with Gasteiger partial charge in [0.2, 0.25) is 0 Å². The fraction of sp³-hybridized carbons (Fsp3) is 0.312. The van der Waals surface area contributed by atoms with Gasteiger partial charge in [-0.05, 0) is 42.3 Å². The van der Waals surface area contributed by atoms with Crippen LogP contribution in [0.15, 0.2) is 35.2 Å². The van der Waals surface area contributed by atoms with E-state index in [9.17, 15) is 17.6 Å². The smallest absolute Gasteiger partial charge is 0.261 e. The largest absolute Gasteiger partial charge is 0.350 e. The molecule has 0 bridgehead atoms. The Hall–Kier alpha value is -1.77. The van der Waals surface area contributed by atoms with Crippen LogP contribution in [0.5, 0.6) is 0 Å². The zero-order valence-electron chi connectivity index (χ0n) is 12.8. The normalized spacial score (nSPS) is 14.2. The Morgan fingerprint density at radius 1 is 1.29 bits per heavy atom. The van der Waals surface area contributed by atoms with Crippen molar-refractivity contribution in [2.45, 2.75) is 17.9 Å². The average Bonchev–Trinajstić information content (AvgIpc) is 2.99. The average molecular weight is 368 g/mol. The number of carbonyl (C=O) groups excluding carboxylic acids is 1. The Morgan fingerprint density at radius 2 is 2.04 bits per heavy atom. The van der Waals surface area contributed by atoms with E-state index in [0.717, 1.165) is 37.2 Å². The minimum absolute atomic E-state index is 0.0133. The molecule has 0 saturated carbocycles. The van der Waals surface area contributed by atoms with Gasteiger partial charge < -0.3 is 10.6 Å². The second-order valence-corrected chi connectivity index (χ2v) is 8.76. The lowest BCUT2D eigenvalue weighted by atomic mass is 10.1. The Bertz CT molecular complexity index is 821. The van der Waals surface area contributed by atoms with Gasteiger partial charge in [-0.15, -0.1) is 11.3 Å². The van der Waals surface area contributed by atoms with Gasteiger partial charge in [0, 0.05) is 24.5 Å². The summed E-state index contributed by atoms with van der Waals surface area (Å²) in [5.41, 5.74) is 1.13. The molecule has 1 aromatic carbocycles. The van der Waals surface area contributed by atoms with Gasteiger partial charge in [0.1, 0.15) is 5.82 Å². The summed E-state index contributed by atoms with van der Waals surface area (Å²) < 4.78 is 37.1.